The molecule has 0 aliphatic heterocycles. The van der Waals surface area contributed by atoms with Gasteiger partial charge in [-0.05, 0) is 111 Å². The second-order valence-electron chi connectivity index (χ2n) is 13.0. The van der Waals surface area contributed by atoms with Crippen LogP contribution < -0.4 is 0 Å². The Kier molecular flexibility index (Phi) is 6.47. The largest absolute Gasteiger partial charge is 0.469 e. The lowest BCUT2D eigenvalue weighted by molar-refractivity contribution is -0.150. The highest BCUT2D eigenvalue weighted by Gasteiger charge is 2.81. The predicted molar refractivity (Wildman–Crippen MR) is 135 cm³/mol. The van der Waals surface area contributed by atoms with E-state index >= 15 is 0 Å². The van der Waals surface area contributed by atoms with Crippen molar-refractivity contribution in [2.24, 2.45) is 45.3 Å². The smallest absolute Gasteiger partial charge is 0.305 e. The number of rotatable bonds is 8. The van der Waals surface area contributed by atoms with Gasteiger partial charge >= 0.3 is 5.97 Å². The lowest BCUT2D eigenvalue weighted by atomic mass is 9.43. The first-order chi connectivity index (χ1) is 15.5. The fourth-order valence-corrected chi connectivity index (χ4v) is 9.87. The highest BCUT2D eigenvalue weighted by Crippen LogP contribution is 2.87. The molecule has 33 heavy (non-hydrogen) atoms. The molecule has 186 valence electrons. The van der Waals surface area contributed by atoms with Crippen molar-refractivity contribution >= 4 is 5.97 Å². The maximum absolute atomic E-state index is 12.1. The molecule has 0 heterocycles. The second-order valence-corrected chi connectivity index (χ2v) is 13.0. The van der Waals surface area contributed by atoms with Crippen LogP contribution in [0, 0.1) is 45.3 Å². The minimum Gasteiger partial charge on any atom is -0.469 e. The lowest BCUT2D eigenvalue weighted by Gasteiger charge is -2.61. The van der Waals surface area contributed by atoms with Crippen LogP contribution in [0.25, 0.3) is 0 Å². The monoisotopic (exact) mass is 456 g/mol. The summed E-state index contributed by atoms with van der Waals surface area (Å²) >= 11 is 0. The summed E-state index contributed by atoms with van der Waals surface area (Å²) in [6, 6.07) is 0. The van der Waals surface area contributed by atoms with E-state index in [0.717, 1.165) is 31.1 Å². The zero-order chi connectivity index (χ0) is 24.2. The summed E-state index contributed by atoms with van der Waals surface area (Å²) in [5.41, 5.74) is 2.33. The van der Waals surface area contributed by atoms with Gasteiger partial charge in [-0.1, -0.05) is 38.5 Å². The van der Waals surface area contributed by atoms with Crippen molar-refractivity contribution in [3.63, 3.8) is 0 Å². The maximum atomic E-state index is 12.1. The molecule has 0 aromatic heterocycles. The van der Waals surface area contributed by atoms with E-state index in [1.54, 1.807) is 0 Å². The molecule has 0 saturated heterocycles. The van der Waals surface area contributed by atoms with Crippen LogP contribution in [-0.2, 0) is 9.53 Å². The van der Waals surface area contributed by atoms with Gasteiger partial charge in [-0.2, -0.15) is 0 Å². The highest BCUT2D eigenvalue weighted by molar-refractivity contribution is 5.69. The summed E-state index contributed by atoms with van der Waals surface area (Å²) in [6.07, 6.45) is 15.0. The van der Waals surface area contributed by atoms with Gasteiger partial charge in [0, 0.05) is 12.3 Å². The molecular formula is C30H48O3. The Morgan fingerprint density at radius 2 is 1.94 bits per heavy atom. The third-order valence-corrected chi connectivity index (χ3v) is 11.8. The van der Waals surface area contributed by atoms with Crippen LogP contribution in [0.5, 0.6) is 0 Å². The van der Waals surface area contributed by atoms with Gasteiger partial charge in [0.05, 0.1) is 13.2 Å². The van der Waals surface area contributed by atoms with Gasteiger partial charge in [0.25, 0.3) is 0 Å². The van der Waals surface area contributed by atoms with Crippen LogP contribution in [0.1, 0.15) is 98.8 Å². The van der Waals surface area contributed by atoms with E-state index in [4.69, 9.17) is 4.74 Å². The number of allylic oxidation sites excluding steroid dienone is 2. The third kappa shape index (κ3) is 3.50. The van der Waals surface area contributed by atoms with Gasteiger partial charge in [0.2, 0.25) is 0 Å². The van der Waals surface area contributed by atoms with E-state index in [0.29, 0.717) is 17.8 Å². The average Bonchev–Trinajstić information content (AvgIpc) is 3.34. The summed E-state index contributed by atoms with van der Waals surface area (Å²) in [6.45, 7) is 16.2. The number of hydrogen-bond donors (Lipinski definition) is 1. The highest BCUT2D eigenvalue weighted by atomic mass is 16.5. The first-order valence-corrected chi connectivity index (χ1v) is 13.5. The quantitative estimate of drug-likeness (QED) is 0.313. The van der Waals surface area contributed by atoms with E-state index in [1.807, 2.05) is 6.08 Å². The number of carbonyl (C=O) groups is 1. The van der Waals surface area contributed by atoms with E-state index in [2.05, 4.69) is 47.3 Å². The van der Waals surface area contributed by atoms with Crippen LogP contribution in [0.15, 0.2) is 24.3 Å². The Bertz CT molecular complexity index is 811. The molecule has 0 radical (unpaired) electrons. The van der Waals surface area contributed by atoms with Gasteiger partial charge in [0.15, 0.2) is 0 Å². The topological polar surface area (TPSA) is 46.5 Å². The van der Waals surface area contributed by atoms with Gasteiger partial charge in [-0.3, -0.25) is 4.79 Å². The molecule has 3 nitrogen and oxygen atoms in total. The maximum Gasteiger partial charge on any atom is 0.305 e. The van der Waals surface area contributed by atoms with Gasteiger partial charge in [-0.25, -0.2) is 0 Å². The van der Waals surface area contributed by atoms with Gasteiger partial charge in [0.1, 0.15) is 0 Å². The molecule has 4 aliphatic rings. The number of aliphatic hydroxyl groups is 1. The fraction of sp³-hybridized carbons (Fsp3) is 0.833. The number of fused-ring (bicyclic) bond motifs is 2. The van der Waals surface area contributed by atoms with Crippen molar-refractivity contribution in [2.75, 3.05) is 7.11 Å². The molecule has 4 rings (SSSR count). The van der Waals surface area contributed by atoms with Crippen molar-refractivity contribution < 1.29 is 14.6 Å². The molecule has 4 fully saturated rings. The van der Waals surface area contributed by atoms with E-state index in [1.165, 1.54) is 51.2 Å². The summed E-state index contributed by atoms with van der Waals surface area (Å²) in [5, 5.41) is 11.4. The molecule has 4 aliphatic carbocycles. The zero-order valence-electron chi connectivity index (χ0n) is 22.1. The summed E-state index contributed by atoms with van der Waals surface area (Å²) < 4.78 is 5.00. The first kappa shape index (κ1) is 25.0. The molecule has 0 aromatic rings. The van der Waals surface area contributed by atoms with Gasteiger partial charge < -0.3 is 9.84 Å². The number of aliphatic hydroxyl groups excluding tert-OH is 1. The molecule has 0 aromatic carbocycles. The molecule has 4 saturated carbocycles. The first-order valence-electron chi connectivity index (χ1n) is 13.5. The zero-order valence-corrected chi connectivity index (χ0v) is 22.1. The number of hydrogen-bond acceptors (Lipinski definition) is 3. The van der Waals surface area contributed by atoms with Crippen LogP contribution >= 0.6 is 0 Å². The van der Waals surface area contributed by atoms with E-state index in [9.17, 15) is 9.90 Å². The lowest BCUT2D eigenvalue weighted by Crippen LogP contribution is -2.56. The van der Waals surface area contributed by atoms with E-state index < -0.39 is 0 Å². The van der Waals surface area contributed by atoms with E-state index in [-0.39, 0.29) is 34.2 Å². The number of carbonyl (C=O) groups excluding carboxylic acids is 1. The normalized spacial score (nSPS) is 46.4. The number of ether oxygens (including phenoxy) is 1. The minimum absolute atomic E-state index is 0.0305. The fourth-order valence-electron chi connectivity index (χ4n) is 9.87. The second kappa shape index (κ2) is 8.54. The summed E-state index contributed by atoms with van der Waals surface area (Å²) in [5.74, 6) is 2.03. The Balaban J connectivity index is 1.61. The number of methoxy groups -OCH3 is 1. The molecule has 1 spiro atoms. The summed E-state index contributed by atoms with van der Waals surface area (Å²) in [4.78, 5) is 12.1. The molecule has 9 atom stereocenters. The molecule has 0 amide bonds. The summed E-state index contributed by atoms with van der Waals surface area (Å²) in [7, 11) is 1.48. The Labute approximate surface area is 202 Å². The Morgan fingerprint density at radius 1 is 1.21 bits per heavy atom. The van der Waals surface area contributed by atoms with Crippen LogP contribution in [0.4, 0.5) is 0 Å². The molecule has 0 unspecified atom stereocenters. The Hall–Kier alpha value is -1.09. The van der Waals surface area contributed by atoms with Crippen LogP contribution in [0.2, 0.25) is 0 Å². The number of esters is 1. The third-order valence-electron chi connectivity index (χ3n) is 11.8. The molecule has 0 bridgehead atoms. The SMILES string of the molecule is C=C[C@@H]1[C@@H](O)C[C@@H]2[C@]3(CC[C@]4(C)[C@@H]([C@H](C)CCC=C(C)C)CC[C@@]24C)C[C@]13CCC(=O)OC. The van der Waals surface area contributed by atoms with Gasteiger partial charge in [-0.15, -0.1) is 6.58 Å². The molecular weight excluding hydrogens is 408 g/mol. The van der Waals surface area contributed by atoms with Crippen molar-refractivity contribution in [1.82, 2.24) is 0 Å². The predicted octanol–water partition coefficient (Wildman–Crippen LogP) is 7.10. The van der Waals surface area contributed by atoms with Crippen LogP contribution in [0.3, 0.4) is 0 Å². The van der Waals surface area contributed by atoms with Crippen LogP contribution in [-0.4, -0.2) is 24.3 Å². The van der Waals surface area contributed by atoms with Crippen molar-refractivity contribution in [3.05, 3.63) is 24.3 Å². The Morgan fingerprint density at radius 3 is 2.58 bits per heavy atom. The van der Waals surface area contributed by atoms with Crippen molar-refractivity contribution in [3.8, 4) is 0 Å². The molecule has 1 N–H and O–H groups in total. The molecule has 3 heteroatoms. The standard InChI is InChI=1S/C30H48O3/c1-8-22-24(31)18-25-28(6)14-12-23(21(4)11-9-10-20(2)3)27(28,5)16-17-30(25)19-29(22,30)15-13-26(32)33-7/h8,10,21-25,31H,1,9,11-19H2,2-7H3/t21-,22-,23-,24+,25+,27-,28+,29-,30+/m1/s1. The van der Waals surface area contributed by atoms with Crippen molar-refractivity contribution in [1.29, 1.82) is 0 Å². The average molecular weight is 457 g/mol. The minimum atomic E-state index is -0.339. The van der Waals surface area contributed by atoms with Crippen molar-refractivity contribution in [2.45, 2.75) is 105 Å².